The van der Waals surface area contributed by atoms with Crippen molar-refractivity contribution in [2.24, 2.45) is 0 Å². The van der Waals surface area contributed by atoms with Crippen LogP contribution in [0.3, 0.4) is 0 Å². The van der Waals surface area contributed by atoms with Crippen LogP contribution in [0, 0.1) is 0 Å². The predicted octanol–water partition coefficient (Wildman–Crippen LogP) is 2.16. The van der Waals surface area contributed by atoms with Crippen molar-refractivity contribution in [3.8, 4) is 0 Å². The van der Waals surface area contributed by atoms with E-state index in [1.807, 2.05) is 30.3 Å². The van der Waals surface area contributed by atoms with Gasteiger partial charge in [-0.1, -0.05) is 30.3 Å². The van der Waals surface area contributed by atoms with Gasteiger partial charge in [-0.3, -0.25) is 10.4 Å². The molecular weight excluding hydrogens is 206 g/mol. The zero-order valence-corrected chi connectivity index (χ0v) is 8.51. The molecule has 82 valence electrons. The Bertz CT molecular complexity index is 440. The van der Waals surface area contributed by atoms with Gasteiger partial charge >= 0.3 is 6.09 Å². The van der Waals surface area contributed by atoms with Gasteiger partial charge in [0.2, 0.25) is 0 Å². The van der Waals surface area contributed by atoms with E-state index in [9.17, 15) is 4.79 Å². The van der Waals surface area contributed by atoms with Crippen LogP contribution in [0.5, 0.6) is 0 Å². The van der Waals surface area contributed by atoms with E-state index in [-0.39, 0.29) is 6.61 Å². The first-order valence-corrected chi connectivity index (χ1v) is 4.82. The molecule has 1 aromatic carbocycles. The lowest BCUT2D eigenvalue weighted by Gasteiger charge is -2.04. The van der Waals surface area contributed by atoms with Crippen LogP contribution in [0.2, 0.25) is 0 Å². The number of hydrogen-bond acceptors (Lipinski definition) is 3. The average molecular weight is 217 g/mol. The predicted molar refractivity (Wildman–Crippen MR) is 58.8 cm³/mol. The number of aromatic amines is 1. The second kappa shape index (κ2) is 4.97. The van der Waals surface area contributed by atoms with Crippen molar-refractivity contribution in [2.45, 2.75) is 6.61 Å². The van der Waals surface area contributed by atoms with Crippen LogP contribution in [0.15, 0.2) is 42.6 Å². The molecule has 0 saturated heterocycles. The number of amides is 1. The summed E-state index contributed by atoms with van der Waals surface area (Å²) in [6.07, 6.45) is 1.10. The fraction of sp³-hybridized carbons (Fsp3) is 0.0909. The number of nitrogens with zero attached hydrogens (tertiary/aromatic N) is 1. The summed E-state index contributed by atoms with van der Waals surface area (Å²) in [5.41, 5.74) is 0.944. The molecule has 0 saturated carbocycles. The molecule has 5 heteroatoms. The summed E-state index contributed by atoms with van der Waals surface area (Å²) in [6, 6.07) is 11.1. The minimum absolute atomic E-state index is 0.247. The Kier molecular flexibility index (Phi) is 3.18. The van der Waals surface area contributed by atoms with Gasteiger partial charge in [-0.15, -0.1) is 0 Å². The van der Waals surface area contributed by atoms with Gasteiger partial charge in [0.1, 0.15) is 6.61 Å². The molecule has 16 heavy (non-hydrogen) atoms. The summed E-state index contributed by atoms with van der Waals surface area (Å²) in [5.74, 6) is 0.443. The normalized spacial score (nSPS) is 9.75. The minimum atomic E-state index is -0.518. The Morgan fingerprint density at radius 1 is 1.31 bits per heavy atom. The SMILES string of the molecule is O=C(Nc1cc[nH]n1)OCc1ccccc1. The van der Waals surface area contributed by atoms with E-state index in [0.29, 0.717) is 5.82 Å². The molecule has 2 aromatic rings. The van der Waals surface area contributed by atoms with E-state index in [4.69, 9.17) is 4.74 Å². The van der Waals surface area contributed by atoms with Gasteiger partial charge in [-0.2, -0.15) is 5.10 Å². The molecule has 0 spiro atoms. The van der Waals surface area contributed by atoms with Crippen LogP contribution in [0.1, 0.15) is 5.56 Å². The lowest BCUT2D eigenvalue weighted by molar-refractivity contribution is 0.155. The van der Waals surface area contributed by atoms with Crippen molar-refractivity contribution in [2.75, 3.05) is 5.32 Å². The van der Waals surface area contributed by atoms with Crippen LogP contribution < -0.4 is 5.32 Å². The lowest BCUT2D eigenvalue weighted by atomic mass is 10.2. The third kappa shape index (κ3) is 2.84. The molecule has 2 N–H and O–H groups in total. The molecule has 1 amide bonds. The van der Waals surface area contributed by atoms with Gasteiger partial charge in [-0.05, 0) is 5.56 Å². The second-order valence-electron chi connectivity index (χ2n) is 3.15. The standard InChI is InChI=1S/C11H11N3O2/c15-11(13-10-6-7-12-14-10)16-8-9-4-2-1-3-5-9/h1-7H,8H2,(H2,12,13,14,15). The van der Waals surface area contributed by atoms with Crippen molar-refractivity contribution in [1.82, 2.24) is 10.2 Å². The molecule has 0 radical (unpaired) electrons. The molecule has 0 aliphatic carbocycles. The molecule has 0 fully saturated rings. The third-order valence-electron chi connectivity index (χ3n) is 1.94. The molecule has 5 nitrogen and oxygen atoms in total. The van der Waals surface area contributed by atoms with E-state index in [1.54, 1.807) is 12.3 Å². The highest BCUT2D eigenvalue weighted by molar-refractivity contribution is 5.83. The Balaban J connectivity index is 1.80. The minimum Gasteiger partial charge on any atom is -0.444 e. The first-order chi connectivity index (χ1) is 7.84. The largest absolute Gasteiger partial charge is 0.444 e. The Morgan fingerprint density at radius 3 is 2.81 bits per heavy atom. The third-order valence-corrected chi connectivity index (χ3v) is 1.94. The van der Waals surface area contributed by atoms with Crippen molar-refractivity contribution < 1.29 is 9.53 Å². The van der Waals surface area contributed by atoms with Crippen LogP contribution >= 0.6 is 0 Å². The number of benzene rings is 1. The topological polar surface area (TPSA) is 67.0 Å². The van der Waals surface area contributed by atoms with Crippen molar-refractivity contribution in [3.63, 3.8) is 0 Å². The molecule has 0 atom stereocenters. The number of rotatable bonds is 3. The van der Waals surface area contributed by atoms with Crippen LogP contribution in [-0.2, 0) is 11.3 Å². The lowest BCUT2D eigenvalue weighted by Crippen LogP contribution is -2.13. The van der Waals surface area contributed by atoms with Gasteiger partial charge in [0.05, 0.1) is 0 Å². The van der Waals surface area contributed by atoms with E-state index in [1.165, 1.54) is 0 Å². The summed E-state index contributed by atoms with van der Waals surface area (Å²) in [5, 5.41) is 8.85. The smallest absolute Gasteiger partial charge is 0.413 e. The number of carbonyl (C=O) groups is 1. The van der Waals surface area contributed by atoms with Crippen LogP contribution in [0.25, 0.3) is 0 Å². The number of H-pyrrole nitrogens is 1. The molecule has 0 aliphatic heterocycles. The van der Waals surface area contributed by atoms with Gasteiger partial charge < -0.3 is 4.74 Å². The van der Waals surface area contributed by atoms with E-state index < -0.39 is 6.09 Å². The summed E-state index contributed by atoms with van der Waals surface area (Å²) >= 11 is 0. The molecular formula is C11H11N3O2. The van der Waals surface area contributed by atoms with E-state index in [2.05, 4.69) is 15.5 Å². The van der Waals surface area contributed by atoms with Gasteiger partial charge in [-0.25, -0.2) is 4.79 Å². The number of anilines is 1. The van der Waals surface area contributed by atoms with Crippen molar-refractivity contribution >= 4 is 11.9 Å². The van der Waals surface area contributed by atoms with Crippen LogP contribution in [-0.4, -0.2) is 16.3 Å². The summed E-state index contributed by atoms with van der Waals surface area (Å²) in [6.45, 7) is 0.247. The molecule has 1 heterocycles. The van der Waals surface area contributed by atoms with E-state index in [0.717, 1.165) is 5.56 Å². The molecule has 0 aliphatic rings. The maximum atomic E-state index is 11.3. The Hall–Kier alpha value is -2.30. The molecule has 0 bridgehead atoms. The summed E-state index contributed by atoms with van der Waals surface area (Å²) in [4.78, 5) is 11.3. The first kappa shape index (κ1) is 10.2. The highest BCUT2D eigenvalue weighted by Crippen LogP contribution is 2.03. The highest BCUT2D eigenvalue weighted by atomic mass is 16.5. The average Bonchev–Trinajstić information content (AvgIpc) is 2.81. The second-order valence-corrected chi connectivity index (χ2v) is 3.15. The number of hydrogen-bond donors (Lipinski definition) is 2. The van der Waals surface area contributed by atoms with Gasteiger partial charge in [0.25, 0.3) is 0 Å². The zero-order valence-electron chi connectivity index (χ0n) is 8.51. The number of aromatic nitrogens is 2. The first-order valence-electron chi connectivity index (χ1n) is 4.82. The molecule has 2 rings (SSSR count). The molecule has 1 aromatic heterocycles. The Labute approximate surface area is 92.4 Å². The number of ether oxygens (including phenoxy) is 1. The molecule has 0 unspecified atom stereocenters. The number of carbonyl (C=O) groups excluding carboxylic acids is 1. The maximum Gasteiger partial charge on any atom is 0.413 e. The Morgan fingerprint density at radius 2 is 2.12 bits per heavy atom. The summed E-state index contributed by atoms with van der Waals surface area (Å²) in [7, 11) is 0. The van der Waals surface area contributed by atoms with E-state index >= 15 is 0 Å². The monoisotopic (exact) mass is 217 g/mol. The van der Waals surface area contributed by atoms with Gasteiger partial charge in [0.15, 0.2) is 5.82 Å². The maximum absolute atomic E-state index is 11.3. The summed E-state index contributed by atoms with van der Waals surface area (Å²) < 4.78 is 5.00. The van der Waals surface area contributed by atoms with Crippen molar-refractivity contribution in [1.29, 1.82) is 0 Å². The highest BCUT2D eigenvalue weighted by Gasteiger charge is 2.04. The van der Waals surface area contributed by atoms with Gasteiger partial charge in [0, 0.05) is 12.3 Å². The fourth-order valence-corrected chi connectivity index (χ4v) is 1.19. The van der Waals surface area contributed by atoms with Crippen LogP contribution in [0.4, 0.5) is 10.6 Å². The fourth-order valence-electron chi connectivity index (χ4n) is 1.19. The quantitative estimate of drug-likeness (QED) is 0.827. The zero-order chi connectivity index (χ0) is 11.2. The van der Waals surface area contributed by atoms with Crippen molar-refractivity contribution in [3.05, 3.63) is 48.2 Å². The number of nitrogens with one attached hydrogen (secondary N) is 2.